The van der Waals surface area contributed by atoms with Crippen molar-refractivity contribution in [2.75, 3.05) is 7.11 Å². The van der Waals surface area contributed by atoms with Crippen molar-refractivity contribution >= 4 is 22.0 Å². The lowest BCUT2D eigenvalue weighted by Crippen LogP contribution is -2.42. The summed E-state index contributed by atoms with van der Waals surface area (Å²) in [6, 6.07) is 2.91. The zero-order valence-corrected chi connectivity index (χ0v) is 14.3. The van der Waals surface area contributed by atoms with Crippen LogP contribution in [0.15, 0.2) is 23.1 Å². The van der Waals surface area contributed by atoms with Gasteiger partial charge in [0, 0.05) is 0 Å². The summed E-state index contributed by atoms with van der Waals surface area (Å²) < 4.78 is 31.7. The predicted octanol–water partition coefficient (Wildman–Crippen LogP) is 1.56. The van der Waals surface area contributed by atoms with Gasteiger partial charge in [0.15, 0.2) is 0 Å². The van der Waals surface area contributed by atoms with E-state index < -0.39 is 28.0 Å². The van der Waals surface area contributed by atoms with E-state index in [1.165, 1.54) is 18.2 Å². The van der Waals surface area contributed by atoms with Crippen LogP contribution in [0, 0.1) is 12.8 Å². The van der Waals surface area contributed by atoms with E-state index in [1.54, 1.807) is 20.8 Å². The fourth-order valence-electron chi connectivity index (χ4n) is 2.07. The second-order valence-electron chi connectivity index (χ2n) is 5.63. The van der Waals surface area contributed by atoms with Crippen LogP contribution >= 0.6 is 0 Å². The molecule has 1 rings (SSSR count). The highest BCUT2D eigenvalue weighted by Gasteiger charge is 2.29. The van der Waals surface area contributed by atoms with E-state index in [0.717, 1.165) is 7.11 Å². The molecule has 0 spiro atoms. The molecule has 0 bridgehead atoms. The van der Waals surface area contributed by atoms with Crippen LogP contribution in [0.2, 0.25) is 0 Å². The quantitative estimate of drug-likeness (QED) is 0.727. The predicted molar refractivity (Wildman–Crippen MR) is 83.7 cm³/mol. The Bertz CT molecular complexity index is 696. The molecule has 1 unspecified atom stereocenters. The van der Waals surface area contributed by atoms with Crippen molar-refractivity contribution < 1.29 is 27.9 Å². The highest BCUT2D eigenvalue weighted by atomic mass is 32.2. The Morgan fingerprint density at radius 1 is 1.30 bits per heavy atom. The molecule has 128 valence electrons. The van der Waals surface area contributed by atoms with Gasteiger partial charge in [0.05, 0.1) is 17.6 Å². The standard InChI is InChI=1S/C15H21NO6S/c1-9(2)7-12(14(17)18)16-23(20,21)13-6-5-10(3)8-11(13)15(19)22-4/h5-6,8-9,12,16H,7H2,1-4H3,(H,17,18). The third-order valence-corrected chi connectivity index (χ3v) is 4.66. The number of ether oxygens (including phenoxy) is 1. The van der Waals surface area contributed by atoms with Crippen molar-refractivity contribution in [3.63, 3.8) is 0 Å². The Labute approximate surface area is 135 Å². The molecule has 0 aliphatic heterocycles. The maximum atomic E-state index is 12.5. The molecule has 0 saturated heterocycles. The molecule has 0 heterocycles. The van der Waals surface area contributed by atoms with Gasteiger partial charge in [-0.25, -0.2) is 13.2 Å². The van der Waals surface area contributed by atoms with Crippen molar-refractivity contribution in [3.05, 3.63) is 29.3 Å². The second-order valence-corrected chi connectivity index (χ2v) is 7.32. The van der Waals surface area contributed by atoms with Crippen LogP contribution in [0.4, 0.5) is 0 Å². The molecule has 7 nitrogen and oxygen atoms in total. The Morgan fingerprint density at radius 2 is 1.91 bits per heavy atom. The second kappa shape index (κ2) is 7.56. The number of methoxy groups -OCH3 is 1. The van der Waals surface area contributed by atoms with E-state index in [-0.39, 0.29) is 22.8 Å². The molecule has 2 N–H and O–H groups in total. The van der Waals surface area contributed by atoms with Gasteiger partial charge in [-0.1, -0.05) is 25.5 Å². The molecule has 0 aliphatic rings. The SMILES string of the molecule is COC(=O)c1cc(C)ccc1S(=O)(=O)NC(CC(C)C)C(=O)O. The summed E-state index contributed by atoms with van der Waals surface area (Å²) in [5, 5.41) is 9.18. The van der Waals surface area contributed by atoms with Crippen LogP contribution < -0.4 is 4.72 Å². The van der Waals surface area contributed by atoms with Crippen LogP contribution in [0.5, 0.6) is 0 Å². The van der Waals surface area contributed by atoms with Crippen LogP contribution in [-0.4, -0.2) is 38.6 Å². The maximum absolute atomic E-state index is 12.5. The number of benzene rings is 1. The fraction of sp³-hybridized carbons (Fsp3) is 0.467. The number of esters is 1. The van der Waals surface area contributed by atoms with E-state index in [4.69, 9.17) is 0 Å². The number of carboxylic acid groups (broad SMARTS) is 1. The van der Waals surface area contributed by atoms with Crippen LogP contribution in [-0.2, 0) is 19.6 Å². The molecule has 1 aromatic carbocycles. The molecular formula is C15H21NO6S. The first-order chi connectivity index (χ1) is 10.6. The molecule has 23 heavy (non-hydrogen) atoms. The first kappa shape index (κ1) is 19.1. The molecule has 1 aromatic rings. The molecule has 1 atom stereocenters. The number of hydrogen-bond donors (Lipinski definition) is 2. The van der Waals surface area contributed by atoms with Crippen LogP contribution in [0.1, 0.15) is 36.2 Å². The first-order valence-electron chi connectivity index (χ1n) is 7.02. The zero-order chi connectivity index (χ0) is 17.8. The fourth-order valence-corrected chi connectivity index (χ4v) is 3.45. The summed E-state index contributed by atoms with van der Waals surface area (Å²) in [6.45, 7) is 5.28. The van der Waals surface area contributed by atoms with Crippen molar-refractivity contribution in [1.29, 1.82) is 0 Å². The third-order valence-electron chi connectivity index (χ3n) is 3.13. The lowest BCUT2D eigenvalue weighted by molar-refractivity contribution is -0.139. The summed E-state index contributed by atoms with van der Waals surface area (Å²) in [5.41, 5.74) is 0.551. The number of rotatable bonds is 7. The van der Waals surface area contributed by atoms with Gasteiger partial charge in [-0.3, -0.25) is 4.79 Å². The number of aliphatic carboxylic acids is 1. The smallest absolute Gasteiger partial charge is 0.339 e. The summed E-state index contributed by atoms with van der Waals surface area (Å²) in [7, 11) is -3.04. The average molecular weight is 343 g/mol. The molecule has 0 amide bonds. The number of nitrogens with one attached hydrogen (secondary N) is 1. The van der Waals surface area contributed by atoms with Gasteiger partial charge in [-0.15, -0.1) is 0 Å². The number of aryl methyl sites for hydroxylation is 1. The van der Waals surface area contributed by atoms with Crippen molar-refractivity contribution in [2.45, 2.75) is 38.1 Å². The normalized spacial score (nSPS) is 12.9. The van der Waals surface area contributed by atoms with Crippen molar-refractivity contribution in [1.82, 2.24) is 4.72 Å². The Kier molecular flexibility index (Phi) is 6.28. The van der Waals surface area contributed by atoms with Gasteiger partial charge >= 0.3 is 11.9 Å². The summed E-state index contributed by atoms with van der Waals surface area (Å²) in [5.74, 6) is -2.09. The largest absolute Gasteiger partial charge is 0.480 e. The van der Waals surface area contributed by atoms with Crippen molar-refractivity contribution in [2.24, 2.45) is 5.92 Å². The third kappa shape index (κ3) is 5.04. The lowest BCUT2D eigenvalue weighted by Gasteiger charge is -2.18. The Hall–Kier alpha value is -1.93. The van der Waals surface area contributed by atoms with E-state index in [2.05, 4.69) is 9.46 Å². The highest BCUT2D eigenvalue weighted by Crippen LogP contribution is 2.20. The minimum Gasteiger partial charge on any atom is -0.480 e. The molecule has 0 fully saturated rings. The first-order valence-corrected chi connectivity index (χ1v) is 8.51. The van der Waals surface area contributed by atoms with Crippen LogP contribution in [0.25, 0.3) is 0 Å². The molecule has 0 saturated carbocycles. The zero-order valence-electron chi connectivity index (χ0n) is 13.5. The van der Waals surface area contributed by atoms with Gasteiger partial charge in [0.1, 0.15) is 6.04 Å². The number of sulfonamides is 1. The van der Waals surface area contributed by atoms with Gasteiger partial charge in [0.2, 0.25) is 10.0 Å². The molecule has 8 heteroatoms. The van der Waals surface area contributed by atoms with E-state index in [1.807, 2.05) is 0 Å². The Morgan fingerprint density at radius 3 is 2.39 bits per heavy atom. The minimum absolute atomic E-state index is 0.0168. The number of carbonyl (C=O) groups excluding carboxylic acids is 1. The molecule has 0 aromatic heterocycles. The lowest BCUT2D eigenvalue weighted by atomic mass is 10.1. The molecule has 0 radical (unpaired) electrons. The van der Waals surface area contributed by atoms with Gasteiger partial charge in [0.25, 0.3) is 0 Å². The summed E-state index contributed by atoms with van der Waals surface area (Å²) in [4.78, 5) is 22.8. The van der Waals surface area contributed by atoms with Gasteiger partial charge in [-0.2, -0.15) is 4.72 Å². The number of carbonyl (C=O) groups is 2. The van der Waals surface area contributed by atoms with Gasteiger partial charge in [-0.05, 0) is 31.4 Å². The summed E-state index contributed by atoms with van der Waals surface area (Å²) in [6.07, 6.45) is 0.133. The van der Waals surface area contributed by atoms with E-state index in [9.17, 15) is 23.1 Å². The topological polar surface area (TPSA) is 110 Å². The van der Waals surface area contributed by atoms with E-state index >= 15 is 0 Å². The maximum Gasteiger partial charge on any atom is 0.339 e. The number of hydrogen-bond acceptors (Lipinski definition) is 5. The van der Waals surface area contributed by atoms with Gasteiger partial charge < -0.3 is 9.84 Å². The Balaban J connectivity index is 3.27. The molecule has 0 aliphatic carbocycles. The van der Waals surface area contributed by atoms with Crippen molar-refractivity contribution in [3.8, 4) is 0 Å². The highest BCUT2D eigenvalue weighted by molar-refractivity contribution is 7.89. The monoisotopic (exact) mass is 343 g/mol. The average Bonchev–Trinajstić information content (AvgIpc) is 2.44. The van der Waals surface area contributed by atoms with E-state index in [0.29, 0.717) is 5.56 Å². The molecular weight excluding hydrogens is 322 g/mol. The minimum atomic E-state index is -4.18. The summed E-state index contributed by atoms with van der Waals surface area (Å²) >= 11 is 0. The number of carboxylic acids is 1. The van der Waals surface area contributed by atoms with Crippen LogP contribution in [0.3, 0.4) is 0 Å².